The second-order valence-electron chi connectivity index (χ2n) is 5.46. The molecule has 1 rings (SSSR count). The number of carbonyl (C=O) groups is 1. The van der Waals surface area contributed by atoms with Gasteiger partial charge >= 0.3 is 6.09 Å². The quantitative estimate of drug-likeness (QED) is 0.838. The minimum Gasteiger partial charge on any atom is -0.444 e. The maximum atomic E-state index is 11.8. The number of halogens is 1. The number of carbonyl (C=O) groups excluding carboxylic acids is 1. The van der Waals surface area contributed by atoms with Gasteiger partial charge in [-0.15, -0.1) is 0 Å². The smallest absolute Gasteiger partial charge is 0.408 e. The minimum absolute atomic E-state index is 0.295. The Bertz CT molecular complexity index is 459. The summed E-state index contributed by atoms with van der Waals surface area (Å²) >= 11 is 5.81. The number of nitrogens with zero attached hydrogens (tertiary/aromatic N) is 1. The molecule has 0 aromatic carbocycles. The van der Waals surface area contributed by atoms with Gasteiger partial charge in [-0.3, -0.25) is 0 Å². The van der Waals surface area contributed by atoms with E-state index in [0.29, 0.717) is 10.8 Å². The van der Waals surface area contributed by atoms with Crippen LogP contribution in [-0.2, 0) is 10.3 Å². The topological polar surface area (TPSA) is 71.5 Å². The summed E-state index contributed by atoms with van der Waals surface area (Å²) in [7, 11) is 0. The third kappa shape index (κ3) is 4.69. The molecule has 1 atom stereocenters. The molecule has 0 fully saturated rings. The Labute approximate surface area is 117 Å². The molecular formula is C13H19ClN2O3. The number of alkyl carbamates (subject to hydrolysis) is 1. The molecule has 1 amide bonds. The van der Waals surface area contributed by atoms with Gasteiger partial charge in [-0.05, 0) is 39.8 Å². The molecule has 1 aromatic rings. The highest BCUT2D eigenvalue weighted by molar-refractivity contribution is 6.29. The van der Waals surface area contributed by atoms with E-state index >= 15 is 0 Å². The third-order valence-corrected chi connectivity index (χ3v) is 2.58. The Hall–Kier alpha value is -1.33. The van der Waals surface area contributed by atoms with E-state index in [4.69, 9.17) is 16.3 Å². The number of pyridine rings is 1. The summed E-state index contributed by atoms with van der Waals surface area (Å²) < 4.78 is 5.17. The zero-order valence-electron chi connectivity index (χ0n) is 11.5. The first-order valence-electron chi connectivity index (χ1n) is 5.91. The lowest BCUT2D eigenvalue weighted by molar-refractivity contribution is 0.0407. The summed E-state index contributed by atoms with van der Waals surface area (Å²) in [5.74, 6) is 0. The molecule has 19 heavy (non-hydrogen) atoms. The molecule has 1 heterocycles. The van der Waals surface area contributed by atoms with E-state index in [1.54, 1.807) is 45.9 Å². The highest BCUT2D eigenvalue weighted by atomic mass is 35.5. The predicted octanol–water partition coefficient (Wildman–Crippen LogP) is 2.47. The van der Waals surface area contributed by atoms with Crippen molar-refractivity contribution in [2.24, 2.45) is 0 Å². The van der Waals surface area contributed by atoms with Crippen LogP contribution in [-0.4, -0.2) is 28.4 Å². The molecule has 6 heteroatoms. The van der Waals surface area contributed by atoms with Gasteiger partial charge in [-0.2, -0.15) is 0 Å². The number of hydrogen-bond donors (Lipinski definition) is 2. The van der Waals surface area contributed by atoms with Gasteiger partial charge in [0.25, 0.3) is 0 Å². The van der Waals surface area contributed by atoms with Crippen molar-refractivity contribution in [1.29, 1.82) is 0 Å². The molecule has 0 radical (unpaired) electrons. The zero-order valence-corrected chi connectivity index (χ0v) is 12.3. The fourth-order valence-corrected chi connectivity index (χ4v) is 1.59. The van der Waals surface area contributed by atoms with E-state index in [2.05, 4.69) is 10.3 Å². The molecule has 2 N–H and O–H groups in total. The first-order valence-corrected chi connectivity index (χ1v) is 6.29. The van der Waals surface area contributed by atoms with Crippen LogP contribution in [0.25, 0.3) is 0 Å². The lowest BCUT2D eigenvalue weighted by Crippen LogP contribution is -2.48. The van der Waals surface area contributed by atoms with Crippen LogP contribution in [0.4, 0.5) is 4.79 Å². The van der Waals surface area contributed by atoms with E-state index in [9.17, 15) is 9.90 Å². The molecule has 0 saturated carbocycles. The molecule has 1 aromatic heterocycles. The lowest BCUT2D eigenvalue weighted by atomic mass is 9.98. The number of nitrogens with one attached hydrogen (secondary N) is 1. The number of ether oxygens (including phenoxy) is 1. The van der Waals surface area contributed by atoms with Gasteiger partial charge < -0.3 is 15.2 Å². The van der Waals surface area contributed by atoms with Gasteiger partial charge in [-0.1, -0.05) is 17.7 Å². The third-order valence-electron chi connectivity index (χ3n) is 2.37. The van der Waals surface area contributed by atoms with Crippen LogP contribution < -0.4 is 5.32 Å². The molecule has 106 valence electrons. The number of aliphatic hydroxyl groups excluding tert-OH is 1. The van der Waals surface area contributed by atoms with Crippen molar-refractivity contribution in [3.05, 3.63) is 29.0 Å². The molecule has 0 saturated heterocycles. The van der Waals surface area contributed by atoms with Gasteiger partial charge in [0, 0.05) is 0 Å². The van der Waals surface area contributed by atoms with Crippen molar-refractivity contribution < 1.29 is 14.6 Å². The first-order chi connectivity index (χ1) is 8.66. The van der Waals surface area contributed by atoms with E-state index < -0.39 is 17.2 Å². The lowest BCUT2D eigenvalue weighted by Gasteiger charge is -2.30. The van der Waals surface area contributed by atoms with Crippen molar-refractivity contribution >= 4 is 17.7 Å². The Morgan fingerprint density at radius 2 is 2.05 bits per heavy atom. The summed E-state index contributed by atoms with van der Waals surface area (Å²) in [4.78, 5) is 15.9. The average Bonchev–Trinajstić information content (AvgIpc) is 2.26. The largest absolute Gasteiger partial charge is 0.444 e. The van der Waals surface area contributed by atoms with Gasteiger partial charge in [0.2, 0.25) is 0 Å². The predicted molar refractivity (Wildman–Crippen MR) is 73.1 cm³/mol. The van der Waals surface area contributed by atoms with Crippen LogP contribution in [0.5, 0.6) is 0 Å². The molecule has 5 nitrogen and oxygen atoms in total. The van der Waals surface area contributed by atoms with E-state index in [1.165, 1.54) is 0 Å². The van der Waals surface area contributed by atoms with Gasteiger partial charge in [0.15, 0.2) is 0 Å². The number of amides is 1. The summed E-state index contributed by atoms with van der Waals surface area (Å²) in [6, 6.07) is 5.01. The summed E-state index contributed by atoms with van der Waals surface area (Å²) in [6.07, 6.45) is -0.620. The second kappa shape index (κ2) is 5.75. The van der Waals surface area contributed by atoms with Crippen LogP contribution in [0, 0.1) is 0 Å². The number of rotatable bonds is 3. The van der Waals surface area contributed by atoms with Gasteiger partial charge in [-0.25, -0.2) is 9.78 Å². The Morgan fingerprint density at radius 1 is 1.42 bits per heavy atom. The molecule has 1 unspecified atom stereocenters. The normalized spacial score (nSPS) is 14.6. The minimum atomic E-state index is -1.05. The van der Waals surface area contributed by atoms with Crippen LogP contribution >= 0.6 is 11.6 Å². The molecular weight excluding hydrogens is 268 g/mol. The Balaban J connectivity index is 2.90. The van der Waals surface area contributed by atoms with Crippen LogP contribution in [0.1, 0.15) is 33.4 Å². The fourth-order valence-electron chi connectivity index (χ4n) is 1.43. The number of aliphatic hydroxyl groups is 1. The van der Waals surface area contributed by atoms with Crippen molar-refractivity contribution in [1.82, 2.24) is 10.3 Å². The fraction of sp³-hybridized carbons (Fsp3) is 0.538. The summed E-state index contributed by atoms with van der Waals surface area (Å²) in [5, 5.41) is 12.4. The van der Waals surface area contributed by atoms with Gasteiger partial charge in [0.1, 0.15) is 16.3 Å². The molecule has 0 spiro atoms. The summed E-state index contributed by atoms with van der Waals surface area (Å²) in [6.45, 7) is 6.62. The van der Waals surface area contributed by atoms with Crippen molar-refractivity contribution in [3.8, 4) is 0 Å². The Morgan fingerprint density at radius 3 is 2.53 bits per heavy atom. The standard InChI is InChI=1S/C13H19ClN2O3/c1-12(2,3)19-11(18)16-13(4,8-17)9-6-5-7-10(14)15-9/h5-7,17H,8H2,1-4H3,(H,16,18). The number of aromatic nitrogens is 1. The van der Waals surface area contributed by atoms with E-state index in [1.807, 2.05) is 0 Å². The molecule has 0 aliphatic heterocycles. The second-order valence-corrected chi connectivity index (χ2v) is 5.85. The summed E-state index contributed by atoms with van der Waals surface area (Å²) in [5.41, 5.74) is -1.19. The maximum absolute atomic E-state index is 11.8. The Kier molecular flexibility index (Phi) is 4.76. The molecule has 0 aliphatic rings. The highest BCUT2D eigenvalue weighted by Gasteiger charge is 2.31. The van der Waals surface area contributed by atoms with Crippen molar-refractivity contribution in [3.63, 3.8) is 0 Å². The maximum Gasteiger partial charge on any atom is 0.408 e. The average molecular weight is 287 g/mol. The van der Waals surface area contributed by atoms with Crippen molar-refractivity contribution in [2.45, 2.75) is 38.8 Å². The van der Waals surface area contributed by atoms with E-state index in [-0.39, 0.29) is 6.61 Å². The molecule has 0 bridgehead atoms. The monoisotopic (exact) mass is 286 g/mol. The van der Waals surface area contributed by atoms with Crippen molar-refractivity contribution in [2.75, 3.05) is 6.61 Å². The van der Waals surface area contributed by atoms with Crippen LogP contribution in [0.15, 0.2) is 18.2 Å². The molecule has 0 aliphatic carbocycles. The zero-order chi connectivity index (χ0) is 14.7. The van der Waals surface area contributed by atoms with Crippen LogP contribution in [0.2, 0.25) is 5.15 Å². The highest BCUT2D eigenvalue weighted by Crippen LogP contribution is 2.20. The number of hydrogen-bond acceptors (Lipinski definition) is 4. The first kappa shape index (κ1) is 15.7. The van der Waals surface area contributed by atoms with Crippen LogP contribution in [0.3, 0.4) is 0 Å². The van der Waals surface area contributed by atoms with Gasteiger partial charge in [0.05, 0.1) is 12.3 Å². The van der Waals surface area contributed by atoms with E-state index in [0.717, 1.165) is 0 Å². The SMILES string of the molecule is CC(C)(C)OC(=O)NC(C)(CO)c1cccc(Cl)n1.